The zero-order valence-corrected chi connectivity index (χ0v) is 7.50. The number of benzene rings is 1. The molecule has 0 N–H and O–H groups in total. The van der Waals surface area contributed by atoms with E-state index in [4.69, 9.17) is 0 Å². The second kappa shape index (κ2) is 3.17. The van der Waals surface area contributed by atoms with Crippen LogP contribution in [0.25, 0.3) is 0 Å². The van der Waals surface area contributed by atoms with Gasteiger partial charge in [0.1, 0.15) is 11.7 Å². The van der Waals surface area contributed by atoms with Crippen molar-refractivity contribution in [1.29, 1.82) is 0 Å². The van der Waals surface area contributed by atoms with Gasteiger partial charge in [-0.1, -0.05) is 6.07 Å². The zero-order chi connectivity index (χ0) is 9.26. The first kappa shape index (κ1) is 8.23. The molecule has 0 amide bonds. The van der Waals surface area contributed by atoms with E-state index < -0.39 is 0 Å². The summed E-state index contributed by atoms with van der Waals surface area (Å²) >= 11 is 0. The van der Waals surface area contributed by atoms with Gasteiger partial charge in [-0.05, 0) is 25.1 Å². The summed E-state index contributed by atoms with van der Waals surface area (Å²) in [6.07, 6.45) is 0. The number of nitrogens with zero attached hydrogens (tertiary/aromatic N) is 2. The number of halogens is 1. The number of hydrogen-bond donors (Lipinski definition) is 0. The first-order valence-corrected chi connectivity index (χ1v) is 4.31. The lowest BCUT2D eigenvalue weighted by molar-refractivity contribution is 0.628. The van der Waals surface area contributed by atoms with Gasteiger partial charge >= 0.3 is 0 Å². The predicted molar refractivity (Wildman–Crippen MR) is 51.7 cm³/mol. The highest BCUT2D eigenvalue weighted by Gasteiger charge is 2.14. The third-order valence-electron chi connectivity index (χ3n) is 2.17. The first-order valence-electron chi connectivity index (χ1n) is 4.31. The number of rotatable bonds is 1. The predicted octanol–water partition coefficient (Wildman–Crippen LogP) is 2.06. The topological polar surface area (TPSA) is 15.6 Å². The average Bonchev–Trinajstić information content (AvgIpc) is 2.51. The van der Waals surface area contributed by atoms with Crippen molar-refractivity contribution in [3.05, 3.63) is 30.1 Å². The Bertz CT molecular complexity index is 347. The maximum Gasteiger partial charge on any atom is 0.125 e. The van der Waals surface area contributed by atoms with E-state index in [0.717, 1.165) is 24.6 Å². The summed E-state index contributed by atoms with van der Waals surface area (Å²) in [6.45, 7) is 3.61. The van der Waals surface area contributed by atoms with Crippen LogP contribution >= 0.6 is 0 Å². The molecule has 0 saturated heterocycles. The minimum Gasteiger partial charge on any atom is -0.328 e. The summed E-state index contributed by atoms with van der Waals surface area (Å²) in [5.74, 6) is 0.766. The van der Waals surface area contributed by atoms with Crippen molar-refractivity contribution in [3.63, 3.8) is 0 Å². The number of aliphatic imine (C=N–C) groups is 1. The van der Waals surface area contributed by atoms with E-state index in [1.54, 1.807) is 6.07 Å². The molecular weight excluding hydrogens is 167 g/mol. The fraction of sp³-hybridized carbons (Fsp3) is 0.300. The molecule has 0 spiro atoms. The Kier molecular flexibility index (Phi) is 2.00. The van der Waals surface area contributed by atoms with Gasteiger partial charge in [0, 0.05) is 12.2 Å². The van der Waals surface area contributed by atoms with Gasteiger partial charge in [-0.2, -0.15) is 0 Å². The summed E-state index contributed by atoms with van der Waals surface area (Å²) in [6, 6.07) is 6.60. The highest BCUT2D eigenvalue weighted by atomic mass is 19.1. The van der Waals surface area contributed by atoms with Crippen LogP contribution in [0.1, 0.15) is 6.92 Å². The molecule has 1 aliphatic rings. The molecule has 0 aromatic heterocycles. The fourth-order valence-corrected chi connectivity index (χ4v) is 1.52. The Balaban J connectivity index is 2.30. The fourth-order valence-electron chi connectivity index (χ4n) is 1.52. The quantitative estimate of drug-likeness (QED) is 0.642. The minimum absolute atomic E-state index is 0.197. The smallest absolute Gasteiger partial charge is 0.125 e. The monoisotopic (exact) mass is 178 g/mol. The third-order valence-corrected chi connectivity index (χ3v) is 2.17. The molecular formula is C10H11FN2. The molecule has 0 aliphatic carbocycles. The molecule has 68 valence electrons. The van der Waals surface area contributed by atoms with Crippen molar-refractivity contribution in [2.75, 3.05) is 18.0 Å². The molecule has 0 atom stereocenters. The van der Waals surface area contributed by atoms with Crippen LogP contribution in [0.3, 0.4) is 0 Å². The Hall–Kier alpha value is -1.38. The van der Waals surface area contributed by atoms with Crippen molar-refractivity contribution in [2.45, 2.75) is 6.92 Å². The van der Waals surface area contributed by atoms with E-state index in [1.165, 1.54) is 12.1 Å². The van der Waals surface area contributed by atoms with Gasteiger partial charge in [0.25, 0.3) is 0 Å². The number of amidine groups is 1. The van der Waals surface area contributed by atoms with Crippen LogP contribution in [0.15, 0.2) is 29.3 Å². The largest absolute Gasteiger partial charge is 0.328 e. The molecule has 1 aromatic carbocycles. The lowest BCUT2D eigenvalue weighted by Gasteiger charge is -2.17. The first-order chi connectivity index (χ1) is 6.27. The average molecular weight is 178 g/mol. The van der Waals surface area contributed by atoms with E-state index in [9.17, 15) is 4.39 Å². The Morgan fingerprint density at radius 1 is 1.46 bits per heavy atom. The molecule has 13 heavy (non-hydrogen) atoms. The SMILES string of the molecule is CC1=NCCN1c1cccc(F)c1. The lowest BCUT2D eigenvalue weighted by Crippen LogP contribution is -2.24. The van der Waals surface area contributed by atoms with Gasteiger partial charge in [-0.25, -0.2) is 4.39 Å². The van der Waals surface area contributed by atoms with Gasteiger partial charge < -0.3 is 4.90 Å². The van der Waals surface area contributed by atoms with Crippen LogP contribution in [0.4, 0.5) is 10.1 Å². The van der Waals surface area contributed by atoms with Crippen molar-refractivity contribution < 1.29 is 4.39 Å². The highest BCUT2D eigenvalue weighted by molar-refractivity contribution is 5.97. The lowest BCUT2D eigenvalue weighted by atomic mass is 10.3. The molecule has 0 fully saturated rings. The molecule has 0 radical (unpaired) electrons. The van der Waals surface area contributed by atoms with E-state index in [2.05, 4.69) is 4.99 Å². The summed E-state index contributed by atoms with van der Waals surface area (Å²) in [5.41, 5.74) is 0.888. The molecule has 0 bridgehead atoms. The Labute approximate surface area is 76.7 Å². The molecule has 2 nitrogen and oxygen atoms in total. The van der Waals surface area contributed by atoms with Crippen LogP contribution in [-0.2, 0) is 0 Å². The van der Waals surface area contributed by atoms with Gasteiger partial charge in [0.2, 0.25) is 0 Å². The molecule has 2 rings (SSSR count). The van der Waals surface area contributed by atoms with E-state index in [0.29, 0.717) is 0 Å². The number of anilines is 1. The molecule has 3 heteroatoms. The van der Waals surface area contributed by atoms with Gasteiger partial charge in [-0.15, -0.1) is 0 Å². The molecule has 0 saturated carbocycles. The Morgan fingerprint density at radius 3 is 2.92 bits per heavy atom. The van der Waals surface area contributed by atoms with Gasteiger partial charge in [0.05, 0.1) is 6.54 Å². The molecule has 1 heterocycles. The molecule has 1 aromatic rings. The standard InChI is InChI=1S/C10H11FN2/c1-8-12-5-6-13(8)10-4-2-3-9(11)7-10/h2-4,7H,5-6H2,1H3. The van der Waals surface area contributed by atoms with Crippen molar-refractivity contribution in [3.8, 4) is 0 Å². The van der Waals surface area contributed by atoms with Crippen LogP contribution in [0, 0.1) is 5.82 Å². The van der Waals surface area contributed by atoms with Crippen LogP contribution in [0.2, 0.25) is 0 Å². The summed E-state index contributed by atoms with van der Waals surface area (Å²) in [5, 5.41) is 0. The summed E-state index contributed by atoms with van der Waals surface area (Å²) in [7, 11) is 0. The van der Waals surface area contributed by atoms with Crippen LogP contribution in [0.5, 0.6) is 0 Å². The van der Waals surface area contributed by atoms with Gasteiger partial charge in [0.15, 0.2) is 0 Å². The normalized spacial score (nSPS) is 16.2. The van der Waals surface area contributed by atoms with Crippen LogP contribution in [-0.4, -0.2) is 18.9 Å². The second-order valence-electron chi connectivity index (χ2n) is 3.06. The molecule has 1 aliphatic heterocycles. The maximum absolute atomic E-state index is 12.9. The second-order valence-corrected chi connectivity index (χ2v) is 3.06. The minimum atomic E-state index is -0.197. The Morgan fingerprint density at radius 2 is 2.31 bits per heavy atom. The van der Waals surface area contributed by atoms with Gasteiger partial charge in [-0.3, -0.25) is 4.99 Å². The van der Waals surface area contributed by atoms with E-state index >= 15 is 0 Å². The summed E-state index contributed by atoms with van der Waals surface area (Å²) in [4.78, 5) is 6.26. The summed E-state index contributed by atoms with van der Waals surface area (Å²) < 4.78 is 12.9. The zero-order valence-electron chi connectivity index (χ0n) is 7.50. The van der Waals surface area contributed by atoms with Crippen molar-refractivity contribution >= 4 is 11.5 Å². The van der Waals surface area contributed by atoms with Crippen molar-refractivity contribution in [1.82, 2.24) is 0 Å². The van der Waals surface area contributed by atoms with E-state index in [-0.39, 0.29) is 5.82 Å². The maximum atomic E-state index is 12.9. The van der Waals surface area contributed by atoms with Crippen molar-refractivity contribution in [2.24, 2.45) is 4.99 Å². The van der Waals surface area contributed by atoms with E-state index in [1.807, 2.05) is 17.9 Å². The molecule has 0 unspecified atom stereocenters. The van der Waals surface area contributed by atoms with Crippen LogP contribution < -0.4 is 4.90 Å². The highest BCUT2D eigenvalue weighted by Crippen LogP contribution is 2.18. The number of hydrogen-bond acceptors (Lipinski definition) is 2. The third kappa shape index (κ3) is 1.54.